The average Bonchev–Trinajstić information content (AvgIpc) is 2.03. The maximum atomic E-state index is 11.1. The van der Waals surface area contributed by atoms with Gasteiger partial charge in [0.25, 0.3) is 0 Å². The van der Waals surface area contributed by atoms with Crippen LogP contribution in [0.4, 0.5) is 0 Å². The van der Waals surface area contributed by atoms with Crippen molar-refractivity contribution in [3.05, 3.63) is 0 Å². The van der Waals surface area contributed by atoms with Crippen molar-refractivity contribution in [1.29, 1.82) is 0 Å². The van der Waals surface area contributed by atoms with Gasteiger partial charge in [-0.05, 0) is 12.8 Å². The third kappa shape index (κ3) is 4.40. The van der Waals surface area contributed by atoms with Gasteiger partial charge < -0.3 is 0 Å². The van der Waals surface area contributed by atoms with Crippen molar-refractivity contribution < 1.29 is 4.79 Å². The van der Waals surface area contributed by atoms with E-state index in [-0.39, 0.29) is 11.8 Å². The van der Waals surface area contributed by atoms with Crippen molar-refractivity contribution in [1.82, 2.24) is 4.34 Å². The molecule has 1 amide bonds. The van der Waals surface area contributed by atoms with E-state index in [1.165, 1.54) is 0 Å². The van der Waals surface area contributed by atoms with Crippen LogP contribution in [0.2, 0.25) is 0 Å². The topological polar surface area (TPSA) is 29.1 Å². The summed E-state index contributed by atoms with van der Waals surface area (Å²) in [6.07, 6.45) is 4.13. The van der Waals surface area contributed by atoms with Gasteiger partial charge in [-0.3, -0.25) is 9.14 Å². The minimum Gasteiger partial charge on any atom is -0.292 e. The van der Waals surface area contributed by atoms with Crippen LogP contribution >= 0.6 is 16.1 Å². The lowest BCUT2D eigenvalue weighted by Crippen LogP contribution is -2.23. The SMILES string of the molecule is CCCC(CCC)C(=O)NBr. The molecule has 0 aromatic carbocycles. The Morgan fingerprint density at radius 3 is 2.09 bits per heavy atom. The van der Waals surface area contributed by atoms with E-state index < -0.39 is 0 Å². The van der Waals surface area contributed by atoms with Gasteiger partial charge in [0.15, 0.2) is 0 Å². The molecule has 2 nitrogen and oxygen atoms in total. The van der Waals surface area contributed by atoms with Crippen molar-refractivity contribution in [2.24, 2.45) is 5.92 Å². The Bertz CT molecular complexity index is 111. The number of nitrogens with one attached hydrogen (secondary N) is 1. The molecule has 0 aliphatic carbocycles. The molecule has 0 radical (unpaired) electrons. The number of amides is 1. The fraction of sp³-hybridized carbons (Fsp3) is 0.875. The number of rotatable bonds is 5. The molecule has 0 rings (SSSR count). The molecule has 66 valence electrons. The van der Waals surface area contributed by atoms with Gasteiger partial charge in [-0.1, -0.05) is 26.7 Å². The molecule has 3 heteroatoms. The van der Waals surface area contributed by atoms with Crippen LogP contribution in [0.25, 0.3) is 0 Å². The molecular formula is C8H16BrNO. The van der Waals surface area contributed by atoms with Crippen molar-refractivity contribution in [3.8, 4) is 0 Å². The second-order valence-corrected chi connectivity index (χ2v) is 3.13. The first-order valence-electron chi connectivity index (χ1n) is 4.16. The quantitative estimate of drug-likeness (QED) is 0.712. The fourth-order valence-electron chi connectivity index (χ4n) is 1.18. The second kappa shape index (κ2) is 6.65. The van der Waals surface area contributed by atoms with Crippen LogP contribution < -0.4 is 4.34 Å². The molecule has 0 aliphatic heterocycles. The molecule has 0 bridgehead atoms. The minimum atomic E-state index is 0.119. The summed E-state index contributed by atoms with van der Waals surface area (Å²) in [6.45, 7) is 4.20. The zero-order valence-corrected chi connectivity index (χ0v) is 8.78. The van der Waals surface area contributed by atoms with Crippen LogP contribution in [0.3, 0.4) is 0 Å². The number of carbonyl (C=O) groups is 1. The zero-order valence-electron chi connectivity index (χ0n) is 7.19. The zero-order chi connectivity index (χ0) is 8.69. The van der Waals surface area contributed by atoms with E-state index >= 15 is 0 Å². The van der Waals surface area contributed by atoms with Crippen LogP contribution in [0, 0.1) is 5.92 Å². The summed E-state index contributed by atoms with van der Waals surface area (Å²) >= 11 is 2.96. The van der Waals surface area contributed by atoms with Gasteiger partial charge in [-0.15, -0.1) is 0 Å². The average molecular weight is 222 g/mol. The van der Waals surface area contributed by atoms with E-state index in [2.05, 4.69) is 34.3 Å². The Morgan fingerprint density at radius 2 is 1.82 bits per heavy atom. The highest BCUT2D eigenvalue weighted by Gasteiger charge is 2.14. The Hall–Kier alpha value is -0.0500. The lowest BCUT2D eigenvalue weighted by molar-refractivity contribution is -0.123. The van der Waals surface area contributed by atoms with Crippen molar-refractivity contribution in [2.75, 3.05) is 0 Å². The van der Waals surface area contributed by atoms with E-state index in [0.717, 1.165) is 25.7 Å². The fourth-order valence-corrected chi connectivity index (χ4v) is 1.50. The van der Waals surface area contributed by atoms with E-state index in [1.54, 1.807) is 0 Å². The number of hydrogen-bond acceptors (Lipinski definition) is 1. The molecule has 0 aromatic rings. The third-order valence-electron chi connectivity index (χ3n) is 1.74. The molecular weight excluding hydrogens is 206 g/mol. The summed E-state index contributed by atoms with van der Waals surface area (Å²) in [7, 11) is 0. The summed E-state index contributed by atoms with van der Waals surface area (Å²) in [6, 6.07) is 0. The monoisotopic (exact) mass is 221 g/mol. The van der Waals surface area contributed by atoms with Gasteiger partial charge in [0.2, 0.25) is 5.91 Å². The predicted octanol–water partition coefficient (Wildman–Crippen LogP) is 2.63. The molecule has 0 heterocycles. The second-order valence-electron chi connectivity index (χ2n) is 2.73. The molecule has 1 N–H and O–H groups in total. The van der Waals surface area contributed by atoms with Crippen LogP contribution in [-0.4, -0.2) is 5.91 Å². The van der Waals surface area contributed by atoms with Crippen LogP contribution in [0.15, 0.2) is 0 Å². The van der Waals surface area contributed by atoms with Crippen LogP contribution in [0.5, 0.6) is 0 Å². The highest BCUT2D eigenvalue weighted by atomic mass is 79.9. The number of hydrogen-bond donors (Lipinski definition) is 1. The van der Waals surface area contributed by atoms with E-state index in [0.29, 0.717) is 0 Å². The highest BCUT2D eigenvalue weighted by molar-refractivity contribution is 9.08. The molecule has 0 fully saturated rings. The molecule has 0 aliphatic rings. The van der Waals surface area contributed by atoms with Gasteiger partial charge in [-0.25, -0.2) is 0 Å². The molecule has 0 atom stereocenters. The summed E-state index contributed by atoms with van der Waals surface area (Å²) in [4.78, 5) is 11.1. The largest absolute Gasteiger partial charge is 0.292 e. The van der Waals surface area contributed by atoms with Crippen LogP contribution in [-0.2, 0) is 4.79 Å². The van der Waals surface area contributed by atoms with E-state index in [4.69, 9.17) is 0 Å². The summed E-state index contributed by atoms with van der Waals surface area (Å²) in [5, 5.41) is 0. The summed E-state index contributed by atoms with van der Waals surface area (Å²) in [5.41, 5.74) is 0. The van der Waals surface area contributed by atoms with E-state index in [9.17, 15) is 4.79 Å². The summed E-state index contributed by atoms with van der Waals surface area (Å²) < 4.78 is 2.51. The number of carbonyl (C=O) groups excluding carboxylic acids is 1. The lowest BCUT2D eigenvalue weighted by atomic mass is 9.98. The first-order valence-corrected chi connectivity index (χ1v) is 4.96. The van der Waals surface area contributed by atoms with Crippen molar-refractivity contribution in [3.63, 3.8) is 0 Å². The van der Waals surface area contributed by atoms with Gasteiger partial charge in [0.1, 0.15) is 0 Å². The van der Waals surface area contributed by atoms with Crippen molar-refractivity contribution in [2.45, 2.75) is 39.5 Å². The Balaban J connectivity index is 3.76. The molecule has 11 heavy (non-hydrogen) atoms. The molecule has 0 spiro atoms. The molecule has 0 saturated carbocycles. The minimum absolute atomic E-state index is 0.119. The highest BCUT2D eigenvalue weighted by Crippen LogP contribution is 2.13. The van der Waals surface area contributed by atoms with Gasteiger partial charge >= 0.3 is 0 Å². The Kier molecular flexibility index (Phi) is 6.62. The van der Waals surface area contributed by atoms with E-state index in [1.807, 2.05) is 0 Å². The maximum Gasteiger partial charge on any atom is 0.232 e. The lowest BCUT2D eigenvalue weighted by Gasteiger charge is -2.11. The normalized spacial score (nSPS) is 10.2. The maximum absolute atomic E-state index is 11.1. The smallest absolute Gasteiger partial charge is 0.232 e. The third-order valence-corrected chi connectivity index (χ3v) is 2.13. The first-order chi connectivity index (χ1) is 5.26. The first kappa shape index (κ1) is 11.0. The molecule has 0 aromatic heterocycles. The predicted molar refractivity (Wildman–Crippen MR) is 50.4 cm³/mol. The Morgan fingerprint density at radius 1 is 1.36 bits per heavy atom. The molecule has 0 saturated heterocycles. The van der Waals surface area contributed by atoms with Crippen molar-refractivity contribution >= 4 is 22.1 Å². The van der Waals surface area contributed by atoms with Gasteiger partial charge in [0, 0.05) is 22.1 Å². The summed E-state index contributed by atoms with van der Waals surface area (Å²) in [5.74, 6) is 0.318. The van der Waals surface area contributed by atoms with Gasteiger partial charge in [-0.2, -0.15) is 0 Å². The standard InChI is InChI=1S/C8H16BrNO/c1-3-5-7(6-4-2)8(11)10-9/h7H,3-6H2,1-2H3,(H,10,11). The number of halogens is 1. The molecule has 0 unspecified atom stereocenters. The van der Waals surface area contributed by atoms with Gasteiger partial charge in [0.05, 0.1) is 0 Å². The van der Waals surface area contributed by atoms with Crippen LogP contribution in [0.1, 0.15) is 39.5 Å². The Labute approximate surface area is 77.1 Å².